The SMILES string of the molecule is CC(=O)NCn1cc(-c2ccc(N3CCN(C(=O)OC(C)(C)C)CC3)cc2)c(=O)o1.CC(=O)NCn1cc(-c2ccc(N3CCNCC3)cc2)c(=O)o1.O=CC(F)(F)F.O=CC(F)(F)F. The molecule has 2 aliphatic rings. The molecule has 24 heteroatoms. The lowest BCUT2D eigenvalue weighted by Crippen LogP contribution is -2.50. The summed E-state index contributed by atoms with van der Waals surface area (Å²) in [5, 5.41) is 8.49. The van der Waals surface area contributed by atoms with Gasteiger partial charge in [0, 0.05) is 77.6 Å². The van der Waals surface area contributed by atoms with Crippen LogP contribution in [0.5, 0.6) is 0 Å². The fourth-order valence-corrected chi connectivity index (χ4v) is 5.78. The molecule has 2 aromatic carbocycles. The molecule has 4 heterocycles. The summed E-state index contributed by atoms with van der Waals surface area (Å²) in [7, 11) is 0. The predicted octanol–water partition coefficient (Wildman–Crippen LogP) is 4.37. The molecule has 2 aromatic heterocycles. The highest BCUT2D eigenvalue weighted by atomic mass is 19.4. The Morgan fingerprint density at radius 3 is 1.32 bits per heavy atom. The average Bonchev–Trinajstić information content (AvgIpc) is 3.83. The van der Waals surface area contributed by atoms with Crippen molar-refractivity contribution < 1.29 is 64.1 Å². The van der Waals surface area contributed by atoms with E-state index in [2.05, 4.69) is 25.8 Å². The molecule has 6 rings (SSSR count). The molecule has 4 aromatic rings. The molecule has 3 amide bonds. The summed E-state index contributed by atoms with van der Waals surface area (Å²) in [4.78, 5) is 81.8. The Labute approximate surface area is 368 Å². The lowest BCUT2D eigenvalue weighted by atomic mass is 10.1. The number of ether oxygens (including phenoxy) is 1. The van der Waals surface area contributed by atoms with E-state index in [9.17, 15) is 50.3 Å². The Morgan fingerprint density at radius 1 is 0.646 bits per heavy atom. The number of piperazine rings is 2. The Morgan fingerprint density at radius 2 is 1.00 bits per heavy atom. The molecule has 65 heavy (non-hydrogen) atoms. The first kappa shape index (κ1) is 52.5. The van der Waals surface area contributed by atoms with Gasteiger partial charge in [-0.25, -0.2) is 14.4 Å². The Kier molecular flexibility index (Phi) is 19.2. The number of aromatic nitrogens is 2. The van der Waals surface area contributed by atoms with Crippen LogP contribution >= 0.6 is 0 Å². The van der Waals surface area contributed by atoms with Gasteiger partial charge in [-0.15, -0.1) is 0 Å². The number of hydrogen-bond acceptors (Lipinski definition) is 13. The Hall–Kier alpha value is -6.85. The summed E-state index contributed by atoms with van der Waals surface area (Å²) in [6.07, 6.45) is -8.50. The summed E-state index contributed by atoms with van der Waals surface area (Å²) < 4.78 is 80.8. The molecular formula is C41H50F6N8O10. The van der Waals surface area contributed by atoms with E-state index in [0.717, 1.165) is 48.7 Å². The van der Waals surface area contributed by atoms with Crippen molar-refractivity contribution >= 4 is 41.9 Å². The van der Waals surface area contributed by atoms with E-state index in [4.69, 9.17) is 23.4 Å². The lowest BCUT2D eigenvalue weighted by Gasteiger charge is -2.36. The standard InChI is InChI=1S/C21H28N4O5.C16H20N4O3.2C2HF3O/c1-15(26)22-14-25-13-18(19(27)30-25)16-5-7-17(8-6-16)23-9-11-24(12-10-23)20(28)29-21(2,3)4;1-12(21)18-11-20-10-15(16(22)23-20)13-2-4-14(5-3-13)19-8-6-17-7-9-19;2*3-2(4,5)1-6/h5-8,13H,9-12,14H2,1-4H3,(H,22,26);2-5,10,17H,6-9,11H2,1H3,(H,18,21);2*1H. The number of anilines is 2. The van der Waals surface area contributed by atoms with Crippen LogP contribution in [-0.2, 0) is 37.3 Å². The zero-order valence-corrected chi connectivity index (χ0v) is 36.1. The molecule has 2 fully saturated rings. The molecule has 18 nitrogen and oxygen atoms in total. The van der Waals surface area contributed by atoms with Crippen molar-refractivity contribution in [3.8, 4) is 22.3 Å². The van der Waals surface area contributed by atoms with Crippen LogP contribution in [0.15, 0.2) is 79.6 Å². The fraction of sp³-hybridized carbons (Fsp3) is 0.439. The molecule has 0 unspecified atom stereocenters. The first-order valence-electron chi connectivity index (χ1n) is 19.7. The highest BCUT2D eigenvalue weighted by Crippen LogP contribution is 2.24. The molecular weight excluding hydrogens is 878 g/mol. The second kappa shape index (κ2) is 23.7. The molecule has 0 radical (unpaired) electrons. The third-order valence-corrected chi connectivity index (χ3v) is 8.76. The number of carbonyl (C=O) groups excluding carboxylic acids is 5. The van der Waals surface area contributed by atoms with Gasteiger partial charge in [-0.1, -0.05) is 24.3 Å². The summed E-state index contributed by atoms with van der Waals surface area (Å²) in [6, 6.07) is 15.5. The molecule has 3 N–H and O–H groups in total. The fourth-order valence-electron chi connectivity index (χ4n) is 5.78. The Bertz CT molecular complexity index is 2260. The van der Waals surface area contributed by atoms with E-state index >= 15 is 0 Å². The van der Waals surface area contributed by atoms with Gasteiger partial charge in [0.15, 0.2) is 0 Å². The van der Waals surface area contributed by atoms with Crippen LogP contribution in [0.4, 0.5) is 42.5 Å². The van der Waals surface area contributed by atoms with Crippen LogP contribution in [0.3, 0.4) is 0 Å². The molecule has 0 spiro atoms. The minimum absolute atomic E-state index is 0.102. The predicted molar refractivity (Wildman–Crippen MR) is 224 cm³/mol. The molecule has 2 aliphatic heterocycles. The van der Waals surface area contributed by atoms with Gasteiger partial charge in [-0.3, -0.25) is 19.2 Å². The third-order valence-electron chi connectivity index (χ3n) is 8.76. The number of aldehydes is 2. The number of alkyl halides is 6. The zero-order valence-electron chi connectivity index (χ0n) is 36.1. The van der Waals surface area contributed by atoms with Crippen molar-refractivity contribution in [2.24, 2.45) is 0 Å². The Balaban J connectivity index is 0.000000281. The summed E-state index contributed by atoms with van der Waals surface area (Å²) in [5.41, 5.74) is 3.26. The van der Waals surface area contributed by atoms with Gasteiger partial charge < -0.3 is 44.4 Å². The first-order valence-corrected chi connectivity index (χ1v) is 19.7. The normalized spacial score (nSPS) is 14.0. The van der Waals surface area contributed by atoms with Crippen molar-refractivity contribution in [1.29, 1.82) is 0 Å². The van der Waals surface area contributed by atoms with Gasteiger partial charge in [-0.2, -0.15) is 35.8 Å². The highest BCUT2D eigenvalue weighted by Gasteiger charge is 2.27. The van der Waals surface area contributed by atoms with E-state index in [0.29, 0.717) is 37.3 Å². The van der Waals surface area contributed by atoms with Crippen molar-refractivity contribution in [2.75, 3.05) is 62.2 Å². The summed E-state index contributed by atoms with van der Waals surface area (Å²) in [5.74, 6) is -0.382. The smallest absolute Gasteiger partial charge is 0.444 e. The van der Waals surface area contributed by atoms with Gasteiger partial charge in [0.05, 0.1) is 23.5 Å². The van der Waals surface area contributed by atoms with E-state index in [1.807, 2.05) is 69.3 Å². The van der Waals surface area contributed by atoms with Crippen LogP contribution in [0.2, 0.25) is 0 Å². The number of carbonyl (C=O) groups is 5. The topological polar surface area (TPSA) is 211 Å². The monoisotopic (exact) mass is 928 g/mol. The number of hydrogen-bond donors (Lipinski definition) is 3. The van der Waals surface area contributed by atoms with Gasteiger partial charge >= 0.3 is 29.7 Å². The van der Waals surface area contributed by atoms with Crippen molar-refractivity contribution in [2.45, 2.75) is 65.9 Å². The largest absolute Gasteiger partial charge is 0.446 e. The average molecular weight is 929 g/mol. The van der Waals surface area contributed by atoms with Gasteiger partial charge in [0.25, 0.3) is 0 Å². The first-order chi connectivity index (χ1) is 30.4. The van der Waals surface area contributed by atoms with Crippen LogP contribution in [-0.4, -0.2) is 115 Å². The van der Waals surface area contributed by atoms with E-state index in [1.165, 1.54) is 23.3 Å². The quantitative estimate of drug-likeness (QED) is 0.166. The van der Waals surface area contributed by atoms with Crippen molar-refractivity contribution in [1.82, 2.24) is 30.3 Å². The van der Waals surface area contributed by atoms with Crippen molar-refractivity contribution in [3.63, 3.8) is 0 Å². The minimum Gasteiger partial charge on any atom is -0.444 e. The highest BCUT2D eigenvalue weighted by molar-refractivity contribution is 5.73. The maximum absolute atomic E-state index is 12.2. The second-order valence-corrected chi connectivity index (χ2v) is 15.1. The van der Waals surface area contributed by atoms with Gasteiger partial charge in [0.1, 0.15) is 18.9 Å². The van der Waals surface area contributed by atoms with Gasteiger partial charge in [-0.05, 0) is 56.2 Å². The molecule has 0 bridgehead atoms. The molecule has 0 saturated carbocycles. The molecule has 0 atom stereocenters. The lowest BCUT2D eigenvalue weighted by molar-refractivity contribution is -0.156. The number of nitrogens with zero attached hydrogens (tertiary/aromatic N) is 5. The summed E-state index contributed by atoms with van der Waals surface area (Å²) >= 11 is 0. The minimum atomic E-state index is -4.64. The van der Waals surface area contributed by atoms with Crippen LogP contribution in [0.1, 0.15) is 34.6 Å². The maximum atomic E-state index is 12.2. The number of halogens is 6. The molecule has 356 valence electrons. The van der Waals surface area contributed by atoms with E-state index < -0.39 is 41.8 Å². The number of benzene rings is 2. The van der Waals surface area contributed by atoms with E-state index in [-0.39, 0.29) is 31.2 Å². The molecule has 2 saturated heterocycles. The third kappa shape index (κ3) is 18.8. The second-order valence-electron chi connectivity index (χ2n) is 15.1. The van der Waals surface area contributed by atoms with Crippen molar-refractivity contribution in [3.05, 3.63) is 81.8 Å². The van der Waals surface area contributed by atoms with Gasteiger partial charge in [0.2, 0.25) is 24.4 Å². The maximum Gasteiger partial charge on any atom is 0.446 e. The van der Waals surface area contributed by atoms with Crippen LogP contribution in [0.25, 0.3) is 22.3 Å². The number of rotatable bonds is 8. The number of nitrogens with one attached hydrogen (secondary N) is 3. The molecule has 0 aliphatic carbocycles. The van der Waals surface area contributed by atoms with E-state index in [1.54, 1.807) is 17.3 Å². The van der Waals surface area contributed by atoms with Crippen LogP contribution in [0, 0.1) is 0 Å². The van der Waals surface area contributed by atoms with Crippen LogP contribution < -0.4 is 37.0 Å². The number of amides is 3. The summed E-state index contributed by atoms with van der Waals surface area (Å²) in [6.45, 7) is 15.1. The zero-order chi connectivity index (χ0) is 48.5.